The first-order chi connectivity index (χ1) is 7.81. The van der Waals surface area contributed by atoms with Gasteiger partial charge in [0.05, 0.1) is 15.8 Å². The predicted octanol–water partition coefficient (Wildman–Crippen LogP) is 0.607. The number of nitrogens with one attached hydrogen (secondary N) is 1. The van der Waals surface area contributed by atoms with E-state index in [-0.39, 0.29) is 22.3 Å². The van der Waals surface area contributed by atoms with Crippen molar-refractivity contribution in [2.24, 2.45) is 5.14 Å². The number of halogens is 2. The second-order valence-electron chi connectivity index (χ2n) is 3.22. The Hall–Kier alpha value is -0.990. The fourth-order valence-corrected chi connectivity index (χ4v) is 1.91. The van der Waals surface area contributed by atoms with E-state index in [1.165, 1.54) is 18.2 Å². The molecule has 0 aliphatic rings. The molecule has 0 aliphatic heterocycles. The summed E-state index contributed by atoms with van der Waals surface area (Å²) in [6, 6.07) is 4.00. The SMILES string of the molecule is NS(=O)(=O)CCNC(=O)c1cccc(F)c1Br. The number of hydrogen-bond acceptors (Lipinski definition) is 3. The minimum Gasteiger partial charge on any atom is -0.351 e. The average Bonchev–Trinajstić information content (AvgIpc) is 2.20. The zero-order valence-corrected chi connectivity index (χ0v) is 11.0. The molecule has 0 spiro atoms. The molecule has 17 heavy (non-hydrogen) atoms. The van der Waals surface area contributed by atoms with E-state index in [0.717, 1.165) is 0 Å². The molecular weight excluding hydrogens is 315 g/mol. The van der Waals surface area contributed by atoms with Gasteiger partial charge in [0.25, 0.3) is 5.91 Å². The molecule has 8 heteroatoms. The van der Waals surface area contributed by atoms with Crippen molar-refractivity contribution in [3.05, 3.63) is 34.1 Å². The van der Waals surface area contributed by atoms with Crippen LogP contribution in [0.5, 0.6) is 0 Å². The lowest BCUT2D eigenvalue weighted by atomic mass is 10.2. The molecule has 0 unspecified atom stereocenters. The van der Waals surface area contributed by atoms with E-state index in [1.807, 2.05) is 0 Å². The summed E-state index contributed by atoms with van der Waals surface area (Å²) in [6.45, 7) is -0.124. The van der Waals surface area contributed by atoms with Gasteiger partial charge >= 0.3 is 0 Å². The second-order valence-corrected chi connectivity index (χ2v) is 5.75. The lowest BCUT2D eigenvalue weighted by Crippen LogP contribution is -2.31. The Balaban J connectivity index is 2.68. The van der Waals surface area contributed by atoms with Crippen molar-refractivity contribution < 1.29 is 17.6 Å². The van der Waals surface area contributed by atoms with Crippen LogP contribution in [0, 0.1) is 5.82 Å². The third kappa shape index (κ3) is 4.41. The van der Waals surface area contributed by atoms with Crippen molar-refractivity contribution in [2.75, 3.05) is 12.3 Å². The summed E-state index contributed by atoms with van der Waals surface area (Å²) in [5.41, 5.74) is 0.0967. The van der Waals surface area contributed by atoms with Crippen LogP contribution in [0.4, 0.5) is 4.39 Å². The fraction of sp³-hybridized carbons (Fsp3) is 0.222. The number of primary sulfonamides is 1. The van der Waals surface area contributed by atoms with Gasteiger partial charge in [-0.1, -0.05) is 6.07 Å². The number of carbonyl (C=O) groups is 1. The Morgan fingerprint density at radius 1 is 1.47 bits per heavy atom. The fourth-order valence-electron chi connectivity index (χ4n) is 1.08. The maximum Gasteiger partial charge on any atom is 0.252 e. The summed E-state index contributed by atoms with van der Waals surface area (Å²) >= 11 is 2.93. The number of carbonyl (C=O) groups excluding carboxylic acids is 1. The Labute approximate surface area is 106 Å². The van der Waals surface area contributed by atoms with Gasteiger partial charge in [-0.25, -0.2) is 17.9 Å². The minimum absolute atomic E-state index is 0.0353. The largest absolute Gasteiger partial charge is 0.351 e. The van der Waals surface area contributed by atoms with Gasteiger partial charge in [0.2, 0.25) is 10.0 Å². The van der Waals surface area contributed by atoms with Gasteiger partial charge in [0, 0.05) is 6.54 Å². The normalized spacial score (nSPS) is 11.2. The molecule has 0 saturated heterocycles. The zero-order valence-electron chi connectivity index (χ0n) is 8.61. The smallest absolute Gasteiger partial charge is 0.252 e. The third-order valence-corrected chi connectivity index (χ3v) is 3.45. The van der Waals surface area contributed by atoms with Gasteiger partial charge in [0.15, 0.2) is 0 Å². The molecule has 0 heterocycles. The van der Waals surface area contributed by atoms with Gasteiger partial charge in [-0.05, 0) is 28.1 Å². The van der Waals surface area contributed by atoms with Crippen molar-refractivity contribution >= 4 is 31.9 Å². The Morgan fingerprint density at radius 2 is 2.12 bits per heavy atom. The first-order valence-corrected chi connectivity index (χ1v) is 7.05. The quantitative estimate of drug-likeness (QED) is 0.850. The van der Waals surface area contributed by atoms with E-state index < -0.39 is 21.7 Å². The van der Waals surface area contributed by atoms with Crippen molar-refractivity contribution in [1.29, 1.82) is 0 Å². The summed E-state index contributed by atoms with van der Waals surface area (Å²) in [4.78, 5) is 11.6. The van der Waals surface area contributed by atoms with Gasteiger partial charge in [-0.3, -0.25) is 4.79 Å². The third-order valence-electron chi connectivity index (χ3n) is 1.87. The highest BCUT2D eigenvalue weighted by Crippen LogP contribution is 2.19. The Bertz CT molecular complexity index is 533. The molecule has 5 nitrogen and oxygen atoms in total. The number of sulfonamides is 1. The predicted molar refractivity (Wildman–Crippen MR) is 64.4 cm³/mol. The summed E-state index contributed by atoms with van der Waals surface area (Å²) < 4.78 is 34.4. The van der Waals surface area contributed by atoms with E-state index in [2.05, 4.69) is 21.2 Å². The van der Waals surface area contributed by atoms with E-state index in [9.17, 15) is 17.6 Å². The first-order valence-electron chi connectivity index (χ1n) is 4.54. The summed E-state index contributed by atoms with van der Waals surface area (Å²) in [6.07, 6.45) is 0. The Morgan fingerprint density at radius 3 is 2.71 bits per heavy atom. The standard InChI is InChI=1S/C9H10BrFN2O3S/c10-8-6(2-1-3-7(8)11)9(14)13-4-5-17(12,15)16/h1-3H,4-5H2,(H,13,14)(H2,12,15,16). The molecule has 94 valence electrons. The van der Waals surface area contributed by atoms with Crippen LogP contribution in [0.1, 0.15) is 10.4 Å². The van der Waals surface area contributed by atoms with Crippen LogP contribution in [0.25, 0.3) is 0 Å². The second kappa shape index (κ2) is 5.56. The lowest BCUT2D eigenvalue weighted by Gasteiger charge is -2.06. The van der Waals surface area contributed by atoms with Crippen LogP contribution < -0.4 is 10.5 Å². The lowest BCUT2D eigenvalue weighted by molar-refractivity contribution is 0.0955. The van der Waals surface area contributed by atoms with Gasteiger partial charge in [-0.2, -0.15) is 0 Å². The van der Waals surface area contributed by atoms with Crippen LogP contribution in [0.15, 0.2) is 22.7 Å². The van der Waals surface area contributed by atoms with Crippen LogP contribution in [0.3, 0.4) is 0 Å². The zero-order chi connectivity index (χ0) is 13.1. The molecule has 0 aliphatic carbocycles. The number of hydrogen-bond donors (Lipinski definition) is 2. The number of benzene rings is 1. The van der Waals surface area contributed by atoms with Crippen molar-refractivity contribution in [3.63, 3.8) is 0 Å². The summed E-state index contributed by atoms with van der Waals surface area (Å²) in [5, 5.41) is 7.09. The van der Waals surface area contributed by atoms with Crippen LogP contribution in [-0.2, 0) is 10.0 Å². The molecule has 3 N–H and O–H groups in total. The molecule has 0 fully saturated rings. The van der Waals surface area contributed by atoms with Crippen LogP contribution >= 0.6 is 15.9 Å². The highest BCUT2D eigenvalue weighted by Gasteiger charge is 2.13. The molecule has 1 amide bonds. The first kappa shape index (κ1) is 14.1. The minimum atomic E-state index is -3.62. The summed E-state index contributed by atoms with van der Waals surface area (Å²) in [5.74, 6) is -1.50. The molecule has 0 saturated carbocycles. The maximum atomic E-state index is 13.1. The van der Waals surface area contributed by atoms with E-state index in [0.29, 0.717) is 0 Å². The highest BCUT2D eigenvalue weighted by molar-refractivity contribution is 9.10. The molecule has 0 atom stereocenters. The van der Waals surface area contributed by atoms with Crippen LogP contribution in [0.2, 0.25) is 0 Å². The number of amides is 1. The van der Waals surface area contributed by atoms with Gasteiger partial charge < -0.3 is 5.32 Å². The Kier molecular flexibility index (Phi) is 4.61. The van der Waals surface area contributed by atoms with Crippen molar-refractivity contribution in [3.8, 4) is 0 Å². The molecule has 0 radical (unpaired) electrons. The topological polar surface area (TPSA) is 89.3 Å². The number of rotatable bonds is 4. The van der Waals surface area contributed by atoms with Gasteiger partial charge in [0.1, 0.15) is 5.82 Å². The molecule has 1 aromatic carbocycles. The molecular formula is C9H10BrFN2O3S. The molecule has 1 aromatic rings. The van der Waals surface area contributed by atoms with Crippen molar-refractivity contribution in [1.82, 2.24) is 5.32 Å². The molecule has 1 rings (SSSR count). The van der Waals surface area contributed by atoms with Crippen LogP contribution in [-0.4, -0.2) is 26.6 Å². The molecule has 0 bridgehead atoms. The van der Waals surface area contributed by atoms with E-state index >= 15 is 0 Å². The van der Waals surface area contributed by atoms with Crippen molar-refractivity contribution in [2.45, 2.75) is 0 Å². The maximum absolute atomic E-state index is 13.1. The highest BCUT2D eigenvalue weighted by atomic mass is 79.9. The number of nitrogens with two attached hydrogens (primary N) is 1. The van der Waals surface area contributed by atoms with E-state index in [4.69, 9.17) is 5.14 Å². The monoisotopic (exact) mass is 324 g/mol. The summed E-state index contributed by atoms with van der Waals surface area (Å²) in [7, 11) is -3.62. The average molecular weight is 325 g/mol. The van der Waals surface area contributed by atoms with E-state index in [1.54, 1.807) is 0 Å². The van der Waals surface area contributed by atoms with Gasteiger partial charge in [-0.15, -0.1) is 0 Å². The molecule has 0 aromatic heterocycles.